The van der Waals surface area contributed by atoms with Gasteiger partial charge >= 0.3 is 5.97 Å². The number of ether oxygens (including phenoxy) is 1. The maximum absolute atomic E-state index is 13.8. The fourth-order valence-corrected chi connectivity index (χ4v) is 10.5. The van der Waals surface area contributed by atoms with Crippen molar-refractivity contribution < 1.29 is 71.9 Å². The number of likely N-dealkylation sites (N-methyl/N-ethyl adjacent to an activating group) is 4. The molecule has 28 nitrogen and oxygen atoms in total. The number of nitrogens with one attached hydrogen (secondary N) is 7. The van der Waals surface area contributed by atoms with Crippen LogP contribution in [0.2, 0.25) is 0 Å². The van der Waals surface area contributed by atoms with Crippen molar-refractivity contribution in [1.82, 2.24) is 66.6 Å². The number of amides is 10. The number of hydrogen-bond donors (Lipinski definition) is 7. The Labute approximate surface area is 570 Å². The number of nitrogens with zero attached hydrogens (tertiary/aromatic N) is 6. The first-order valence-electron chi connectivity index (χ1n) is 34.7. The summed E-state index contributed by atoms with van der Waals surface area (Å²) in [6.07, 6.45) is 14.3. The van der Waals surface area contributed by atoms with E-state index in [1.54, 1.807) is 66.8 Å². The van der Waals surface area contributed by atoms with Crippen molar-refractivity contribution in [2.24, 2.45) is 11.8 Å². The second-order valence-corrected chi connectivity index (χ2v) is 26.1. The van der Waals surface area contributed by atoms with Crippen LogP contribution < -0.4 is 37.2 Å². The molecule has 0 saturated heterocycles. The molecule has 0 bridgehead atoms. The minimum atomic E-state index is -0.799. The van der Waals surface area contributed by atoms with Crippen LogP contribution >= 0.6 is 0 Å². The van der Waals surface area contributed by atoms with E-state index < -0.39 is 29.7 Å². The Bertz CT molecular complexity index is 2360. The smallest absolute Gasteiger partial charge is 0.305 e. The third-order valence-corrected chi connectivity index (χ3v) is 15.6. The van der Waals surface area contributed by atoms with Crippen molar-refractivity contribution in [3.8, 4) is 0 Å². The topological polar surface area (TPSA) is 352 Å². The van der Waals surface area contributed by atoms with E-state index in [0.29, 0.717) is 142 Å². The predicted molar refractivity (Wildman–Crippen MR) is 365 cm³/mol. The Morgan fingerprint density at radius 1 is 0.417 bits per heavy atom. The molecule has 96 heavy (non-hydrogen) atoms. The van der Waals surface area contributed by atoms with Crippen LogP contribution in [0, 0.1) is 11.8 Å². The highest BCUT2D eigenvalue weighted by Gasteiger charge is 2.28. The largest absolute Gasteiger partial charge is 0.466 e. The number of ketones is 3. The van der Waals surface area contributed by atoms with Crippen LogP contribution in [0.3, 0.4) is 0 Å². The number of rotatable bonds is 59. The standard InChI is InChI=1S/C68H119N13O15/c1-52(82)34-41-74-67(94)53(46-55(83)35-44-81-63(90)32-33-64(81)91)26-17-20-36-69-58(85)29-14-13-23-45-96-65(92)31-16-12-10-11-15-30-62(89)80(42-24-39-72-66(93)54(47-56(84)48-76(2)3)27-18-21-37-70-59(86)49-77(4)5)43-25-40-73-68(95)57(75-61(88)51-79(8)9)28-19-22-38-71-60(87)50-78(6)7/h32-33,53-54,57H,10-31,34-51H2,1-9H3,(H,69,85)(H,70,86)(H,71,87)(H,72,93)(H,73,95)(H,74,94)(H,75,88)/t53-,54-,57+/m1/s1. The van der Waals surface area contributed by atoms with Crippen LogP contribution in [0.15, 0.2) is 12.2 Å². The van der Waals surface area contributed by atoms with Crippen LogP contribution in [0.25, 0.3) is 0 Å². The number of carbonyl (C=O) groups is 14. The van der Waals surface area contributed by atoms with Gasteiger partial charge in [-0.25, -0.2) is 0 Å². The summed E-state index contributed by atoms with van der Waals surface area (Å²) in [6, 6.07) is -0.799. The summed E-state index contributed by atoms with van der Waals surface area (Å²) in [5.74, 6) is -4.54. The number of unbranched alkanes of at least 4 members (excludes halogenated alkanes) is 9. The molecule has 0 radical (unpaired) electrons. The molecule has 0 fully saturated rings. The maximum atomic E-state index is 13.8. The van der Waals surface area contributed by atoms with Crippen molar-refractivity contribution in [3.63, 3.8) is 0 Å². The fraction of sp³-hybridized carbons (Fsp3) is 0.765. The van der Waals surface area contributed by atoms with E-state index in [0.717, 1.165) is 36.3 Å². The van der Waals surface area contributed by atoms with E-state index in [2.05, 4.69) is 37.2 Å². The second kappa shape index (κ2) is 53.1. The highest BCUT2D eigenvalue weighted by molar-refractivity contribution is 6.13. The van der Waals surface area contributed by atoms with Crippen molar-refractivity contribution >= 4 is 82.4 Å². The molecule has 0 unspecified atom stereocenters. The Hall–Kier alpha value is -7.04. The second-order valence-electron chi connectivity index (χ2n) is 26.1. The van der Waals surface area contributed by atoms with Gasteiger partial charge in [0.25, 0.3) is 11.8 Å². The first-order chi connectivity index (χ1) is 45.7. The van der Waals surface area contributed by atoms with E-state index >= 15 is 0 Å². The molecule has 0 aromatic rings. The van der Waals surface area contributed by atoms with Gasteiger partial charge in [0, 0.05) is 128 Å². The first kappa shape index (κ1) is 87.0. The zero-order valence-corrected chi connectivity index (χ0v) is 59.5. The highest BCUT2D eigenvalue weighted by Crippen LogP contribution is 2.18. The lowest BCUT2D eigenvalue weighted by molar-refractivity contribution is -0.144. The van der Waals surface area contributed by atoms with Gasteiger partial charge in [0.2, 0.25) is 47.3 Å². The lowest BCUT2D eigenvalue weighted by Gasteiger charge is -2.24. The van der Waals surface area contributed by atoms with Crippen LogP contribution in [0.4, 0.5) is 0 Å². The summed E-state index contributed by atoms with van der Waals surface area (Å²) in [5, 5.41) is 20.1. The number of carbonyl (C=O) groups excluding carboxylic acids is 14. The summed E-state index contributed by atoms with van der Waals surface area (Å²) >= 11 is 0. The first-order valence-corrected chi connectivity index (χ1v) is 34.7. The molecule has 0 spiro atoms. The van der Waals surface area contributed by atoms with Gasteiger partial charge in [-0.1, -0.05) is 32.1 Å². The molecular weight excluding hydrogens is 1240 g/mol. The quantitative estimate of drug-likeness (QED) is 0.0259. The SMILES string of the molecule is CC(=O)CCNC(=O)[C@H](CCCCNC(=O)CCCCCOC(=O)CCCCCCCC(=O)N(CCCNC(=O)[C@H](CCCCNC(=O)CN(C)C)CC(=O)CN(C)C)CCCNC(=O)[C@H](CCCCNC(=O)CN(C)C)NC(=O)CN(C)C)CC(=O)CCN1C(=O)C=CC1=O. The summed E-state index contributed by atoms with van der Waals surface area (Å²) in [6.45, 7) is 5.01. The number of esters is 1. The lowest BCUT2D eigenvalue weighted by atomic mass is 9.94. The van der Waals surface area contributed by atoms with Crippen LogP contribution in [0.5, 0.6) is 0 Å². The van der Waals surface area contributed by atoms with Gasteiger partial charge in [0.05, 0.1) is 32.8 Å². The third kappa shape index (κ3) is 46.2. The van der Waals surface area contributed by atoms with Gasteiger partial charge in [-0.15, -0.1) is 0 Å². The summed E-state index contributed by atoms with van der Waals surface area (Å²) in [5.41, 5.74) is 0. The zero-order valence-electron chi connectivity index (χ0n) is 59.5. The van der Waals surface area contributed by atoms with Gasteiger partial charge < -0.3 is 66.5 Å². The monoisotopic (exact) mass is 1360 g/mol. The van der Waals surface area contributed by atoms with E-state index in [9.17, 15) is 67.1 Å². The Kier molecular flexibility index (Phi) is 48.1. The molecule has 3 atom stereocenters. The Morgan fingerprint density at radius 2 is 0.854 bits per heavy atom. The van der Waals surface area contributed by atoms with Crippen molar-refractivity contribution in [3.05, 3.63) is 12.2 Å². The molecule has 0 aromatic carbocycles. The summed E-state index contributed by atoms with van der Waals surface area (Å²) < 4.78 is 5.44. The molecule has 0 aliphatic carbocycles. The molecule has 546 valence electrons. The number of Topliss-reactive ketones (excluding diaryl/α,β-unsaturated/α-hetero) is 3. The van der Waals surface area contributed by atoms with Gasteiger partial charge in [-0.05, 0) is 153 Å². The molecular formula is C68H119N13O15. The molecule has 1 aliphatic rings. The van der Waals surface area contributed by atoms with Crippen molar-refractivity contribution in [2.75, 3.05) is 148 Å². The van der Waals surface area contributed by atoms with E-state index in [4.69, 9.17) is 4.74 Å². The lowest BCUT2D eigenvalue weighted by Crippen LogP contribution is -2.49. The average molecular weight is 1360 g/mol. The van der Waals surface area contributed by atoms with Gasteiger partial charge in [0.1, 0.15) is 23.4 Å². The van der Waals surface area contributed by atoms with E-state index in [-0.39, 0.29) is 168 Å². The molecule has 28 heteroatoms. The predicted octanol–water partition coefficient (Wildman–Crippen LogP) is 1.81. The average Bonchev–Trinajstić information content (AvgIpc) is 1.74. The number of hydrogen-bond acceptors (Lipinski definition) is 19. The third-order valence-electron chi connectivity index (χ3n) is 15.6. The molecule has 10 amide bonds. The molecule has 1 rings (SSSR count). The molecule has 0 saturated carbocycles. The summed E-state index contributed by atoms with van der Waals surface area (Å²) in [4.78, 5) is 186. The normalized spacial score (nSPS) is 12.9. The van der Waals surface area contributed by atoms with Gasteiger partial charge in [-0.3, -0.25) is 72.0 Å². The minimum Gasteiger partial charge on any atom is -0.466 e. The van der Waals surface area contributed by atoms with Gasteiger partial charge in [-0.2, -0.15) is 0 Å². The molecule has 7 N–H and O–H groups in total. The van der Waals surface area contributed by atoms with E-state index in [1.807, 2.05) is 14.1 Å². The maximum Gasteiger partial charge on any atom is 0.305 e. The highest BCUT2D eigenvalue weighted by atomic mass is 16.5. The zero-order chi connectivity index (χ0) is 71.6. The molecule has 1 heterocycles. The Morgan fingerprint density at radius 3 is 1.39 bits per heavy atom. The minimum absolute atomic E-state index is 0.0548. The van der Waals surface area contributed by atoms with Crippen molar-refractivity contribution in [1.29, 1.82) is 0 Å². The van der Waals surface area contributed by atoms with E-state index in [1.165, 1.54) is 6.92 Å². The van der Waals surface area contributed by atoms with Crippen LogP contribution in [-0.4, -0.2) is 266 Å². The molecule has 1 aliphatic heterocycles. The fourth-order valence-electron chi connectivity index (χ4n) is 10.5. The Balaban J connectivity index is 2.69. The van der Waals surface area contributed by atoms with Crippen LogP contribution in [0.1, 0.15) is 174 Å². The van der Waals surface area contributed by atoms with Crippen molar-refractivity contribution in [2.45, 2.75) is 180 Å². The molecule has 0 aromatic heterocycles. The van der Waals surface area contributed by atoms with Gasteiger partial charge in [0.15, 0.2) is 0 Å². The number of imide groups is 1. The van der Waals surface area contributed by atoms with Crippen LogP contribution in [-0.2, 0) is 71.9 Å². The summed E-state index contributed by atoms with van der Waals surface area (Å²) in [7, 11) is 14.3.